The fraction of sp³-hybridized carbons (Fsp3) is 0.429. The van der Waals surface area contributed by atoms with Crippen molar-refractivity contribution in [1.29, 1.82) is 0 Å². The van der Waals surface area contributed by atoms with Crippen LogP contribution in [-0.4, -0.2) is 41.9 Å². The number of hydrogen-bond donors (Lipinski definition) is 2. The molecular weight excluding hydrogens is 278 g/mol. The zero-order valence-electron chi connectivity index (χ0n) is 11.6. The molecule has 1 heterocycles. The van der Waals surface area contributed by atoms with Gasteiger partial charge in [0.15, 0.2) is 0 Å². The Balaban J connectivity index is 0.00000200. The molecule has 2 atom stereocenters. The number of piperazine rings is 1. The zero-order valence-corrected chi connectivity index (χ0v) is 12.4. The van der Waals surface area contributed by atoms with Crippen molar-refractivity contribution in [2.45, 2.75) is 25.9 Å². The minimum atomic E-state index is -0.517. The SMILES string of the molecule is CC1NCCN(C(=O)c2cccc(C(N)=O)c2)C1C.Cl. The summed E-state index contributed by atoms with van der Waals surface area (Å²) in [6.07, 6.45) is 0. The lowest BCUT2D eigenvalue weighted by molar-refractivity contribution is 0.0603. The number of nitrogens with one attached hydrogen (secondary N) is 1. The van der Waals surface area contributed by atoms with E-state index in [0.717, 1.165) is 6.54 Å². The molecule has 5 nitrogen and oxygen atoms in total. The molecule has 0 aromatic heterocycles. The van der Waals surface area contributed by atoms with E-state index in [4.69, 9.17) is 5.73 Å². The maximum Gasteiger partial charge on any atom is 0.254 e. The summed E-state index contributed by atoms with van der Waals surface area (Å²) < 4.78 is 0. The number of amides is 2. The largest absolute Gasteiger partial charge is 0.366 e. The van der Waals surface area contributed by atoms with E-state index in [1.54, 1.807) is 24.3 Å². The van der Waals surface area contributed by atoms with Gasteiger partial charge in [0, 0.05) is 36.3 Å². The second-order valence-electron chi connectivity index (χ2n) is 4.93. The number of benzene rings is 1. The molecule has 2 unspecified atom stereocenters. The molecular formula is C14H20ClN3O2. The summed E-state index contributed by atoms with van der Waals surface area (Å²) in [7, 11) is 0. The average molecular weight is 298 g/mol. The molecule has 3 N–H and O–H groups in total. The van der Waals surface area contributed by atoms with Crippen LogP contribution in [0.1, 0.15) is 34.6 Å². The first-order valence-electron chi connectivity index (χ1n) is 6.45. The van der Waals surface area contributed by atoms with Gasteiger partial charge < -0.3 is 16.0 Å². The van der Waals surface area contributed by atoms with Crippen LogP contribution in [0.5, 0.6) is 0 Å². The summed E-state index contributed by atoms with van der Waals surface area (Å²) >= 11 is 0. The lowest BCUT2D eigenvalue weighted by Gasteiger charge is -2.38. The Labute approximate surface area is 124 Å². The number of nitrogens with two attached hydrogens (primary N) is 1. The Morgan fingerprint density at radius 3 is 2.60 bits per heavy atom. The normalized spacial score (nSPS) is 22.0. The van der Waals surface area contributed by atoms with Gasteiger partial charge in [0.25, 0.3) is 5.91 Å². The predicted octanol–water partition coefficient (Wildman–Crippen LogP) is 1.03. The lowest BCUT2D eigenvalue weighted by atomic mass is 10.0. The average Bonchev–Trinajstić information content (AvgIpc) is 2.41. The fourth-order valence-corrected chi connectivity index (χ4v) is 2.31. The van der Waals surface area contributed by atoms with Crippen molar-refractivity contribution in [1.82, 2.24) is 10.2 Å². The maximum absolute atomic E-state index is 12.5. The van der Waals surface area contributed by atoms with E-state index in [9.17, 15) is 9.59 Å². The molecule has 0 aliphatic carbocycles. The highest BCUT2D eigenvalue weighted by Gasteiger charge is 2.28. The highest BCUT2D eigenvalue weighted by molar-refractivity contribution is 5.99. The van der Waals surface area contributed by atoms with Crippen molar-refractivity contribution < 1.29 is 9.59 Å². The van der Waals surface area contributed by atoms with Gasteiger partial charge in [-0.1, -0.05) is 6.07 Å². The van der Waals surface area contributed by atoms with Crippen LogP contribution in [0.25, 0.3) is 0 Å². The van der Waals surface area contributed by atoms with Crippen molar-refractivity contribution in [3.63, 3.8) is 0 Å². The molecule has 1 fully saturated rings. The smallest absolute Gasteiger partial charge is 0.254 e. The Bertz CT molecular complexity index is 507. The van der Waals surface area contributed by atoms with Crippen molar-refractivity contribution in [2.75, 3.05) is 13.1 Å². The van der Waals surface area contributed by atoms with Crippen LogP contribution in [0.2, 0.25) is 0 Å². The molecule has 0 spiro atoms. The molecule has 110 valence electrons. The molecule has 1 aromatic carbocycles. The summed E-state index contributed by atoms with van der Waals surface area (Å²) in [6, 6.07) is 6.96. The molecule has 1 aromatic rings. The molecule has 1 saturated heterocycles. The van der Waals surface area contributed by atoms with Crippen LogP contribution in [0.4, 0.5) is 0 Å². The van der Waals surface area contributed by atoms with Gasteiger partial charge in [0.1, 0.15) is 0 Å². The van der Waals surface area contributed by atoms with Crippen LogP contribution in [-0.2, 0) is 0 Å². The number of nitrogens with zero attached hydrogens (tertiary/aromatic N) is 1. The van der Waals surface area contributed by atoms with Gasteiger partial charge in [-0.15, -0.1) is 12.4 Å². The van der Waals surface area contributed by atoms with Crippen LogP contribution >= 0.6 is 12.4 Å². The molecule has 20 heavy (non-hydrogen) atoms. The molecule has 0 radical (unpaired) electrons. The van der Waals surface area contributed by atoms with Gasteiger partial charge >= 0.3 is 0 Å². The van der Waals surface area contributed by atoms with E-state index in [0.29, 0.717) is 17.7 Å². The summed E-state index contributed by atoms with van der Waals surface area (Å²) in [5.74, 6) is -0.569. The third kappa shape index (κ3) is 3.29. The minimum Gasteiger partial charge on any atom is -0.366 e. The van der Waals surface area contributed by atoms with Crippen LogP contribution < -0.4 is 11.1 Å². The third-order valence-corrected chi connectivity index (χ3v) is 3.69. The maximum atomic E-state index is 12.5. The number of carbonyl (C=O) groups excluding carboxylic acids is 2. The first kappa shape index (κ1) is 16.5. The van der Waals surface area contributed by atoms with E-state index >= 15 is 0 Å². The second-order valence-corrected chi connectivity index (χ2v) is 4.93. The van der Waals surface area contributed by atoms with E-state index < -0.39 is 5.91 Å². The molecule has 0 saturated carbocycles. The van der Waals surface area contributed by atoms with E-state index in [1.807, 2.05) is 11.8 Å². The van der Waals surface area contributed by atoms with Crippen LogP contribution in [0.3, 0.4) is 0 Å². The molecule has 2 rings (SSSR count). The van der Waals surface area contributed by atoms with Gasteiger partial charge in [-0.05, 0) is 32.0 Å². The quantitative estimate of drug-likeness (QED) is 0.856. The summed E-state index contributed by atoms with van der Waals surface area (Å²) in [5.41, 5.74) is 6.11. The van der Waals surface area contributed by atoms with E-state index in [1.165, 1.54) is 0 Å². The highest BCUT2D eigenvalue weighted by atomic mass is 35.5. The van der Waals surface area contributed by atoms with Crippen LogP contribution in [0.15, 0.2) is 24.3 Å². The second kappa shape index (κ2) is 6.72. The Kier molecular flexibility index (Phi) is 5.53. The van der Waals surface area contributed by atoms with Crippen LogP contribution in [0, 0.1) is 0 Å². The molecule has 2 amide bonds. The number of rotatable bonds is 2. The lowest BCUT2D eigenvalue weighted by Crippen LogP contribution is -2.57. The topological polar surface area (TPSA) is 75.4 Å². The van der Waals surface area contributed by atoms with Crippen molar-refractivity contribution in [3.05, 3.63) is 35.4 Å². The first-order valence-corrected chi connectivity index (χ1v) is 6.45. The molecule has 0 bridgehead atoms. The monoisotopic (exact) mass is 297 g/mol. The fourth-order valence-electron chi connectivity index (χ4n) is 2.31. The van der Waals surface area contributed by atoms with Gasteiger partial charge in [0.05, 0.1) is 0 Å². The number of carbonyl (C=O) groups is 2. The Morgan fingerprint density at radius 2 is 1.95 bits per heavy atom. The van der Waals surface area contributed by atoms with Gasteiger partial charge in [-0.3, -0.25) is 9.59 Å². The van der Waals surface area contributed by atoms with E-state index in [2.05, 4.69) is 12.2 Å². The number of primary amides is 1. The minimum absolute atomic E-state index is 0. The van der Waals surface area contributed by atoms with E-state index in [-0.39, 0.29) is 30.4 Å². The Morgan fingerprint density at radius 1 is 1.30 bits per heavy atom. The van der Waals surface area contributed by atoms with Crippen molar-refractivity contribution >= 4 is 24.2 Å². The number of halogens is 1. The van der Waals surface area contributed by atoms with Crippen molar-refractivity contribution in [2.24, 2.45) is 5.73 Å². The Hall–Kier alpha value is -1.59. The van der Waals surface area contributed by atoms with Gasteiger partial charge in [0.2, 0.25) is 5.91 Å². The molecule has 6 heteroatoms. The van der Waals surface area contributed by atoms with Crippen molar-refractivity contribution in [3.8, 4) is 0 Å². The summed E-state index contributed by atoms with van der Waals surface area (Å²) in [4.78, 5) is 25.5. The summed E-state index contributed by atoms with van der Waals surface area (Å²) in [6.45, 7) is 5.54. The number of hydrogen-bond acceptors (Lipinski definition) is 3. The van der Waals surface area contributed by atoms with Gasteiger partial charge in [-0.2, -0.15) is 0 Å². The first-order chi connectivity index (χ1) is 9.00. The standard InChI is InChI=1S/C14H19N3O2.ClH/c1-9-10(2)17(7-6-16-9)14(19)12-5-3-4-11(8-12)13(15)18;/h3-5,8-10,16H,6-7H2,1-2H3,(H2,15,18);1H. The zero-order chi connectivity index (χ0) is 14.0. The summed E-state index contributed by atoms with van der Waals surface area (Å²) in [5, 5.41) is 3.33. The van der Waals surface area contributed by atoms with Gasteiger partial charge in [-0.25, -0.2) is 0 Å². The molecule has 1 aliphatic heterocycles. The highest BCUT2D eigenvalue weighted by Crippen LogP contribution is 2.14. The molecule has 1 aliphatic rings. The predicted molar refractivity (Wildman–Crippen MR) is 80.2 cm³/mol. The third-order valence-electron chi connectivity index (χ3n) is 3.69.